The van der Waals surface area contributed by atoms with Crippen molar-refractivity contribution in [2.45, 2.75) is 141 Å². The summed E-state index contributed by atoms with van der Waals surface area (Å²) in [6.45, 7) is 10.8. The average molecular weight is 629 g/mol. The predicted molar refractivity (Wildman–Crippen MR) is 162 cm³/mol. The first-order valence-electron chi connectivity index (χ1n) is 17.2. The Bertz CT molecular complexity index is 982. The van der Waals surface area contributed by atoms with Gasteiger partial charge in [-0.25, -0.2) is 0 Å². The number of hydrogen-bond donors (Lipinski definition) is 7. The number of aliphatic hydroxyl groups is 7. The van der Waals surface area contributed by atoms with Crippen molar-refractivity contribution in [3.8, 4) is 0 Å². The Balaban J connectivity index is 1.33. The van der Waals surface area contributed by atoms with Gasteiger partial charge in [0, 0.05) is 26.1 Å². The molecule has 10 heteroatoms. The van der Waals surface area contributed by atoms with Crippen LogP contribution in [0.4, 0.5) is 0 Å². The lowest BCUT2D eigenvalue weighted by molar-refractivity contribution is -0.303. The molecule has 17 atom stereocenters. The first-order valence-corrected chi connectivity index (χ1v) is 17.2. The summed E-state index contributed by atoms with van der Waals surface area (Å²) >= 11 is 0. The van der Waals surface area contributed by atoms with Crippen LogP contribution in [-0.2, 0) is 14.2 Å². The van der Waals surface area contributed by atoms with E-state index < -0.39 is 65.3 Å². The summed E-state index contributed by atoms with van der Waals surface area (Å²) in [4.78, 5) is 0. The summed E-state index contributed by atoms with van der Waals surface area (Å²) in [5.41, 5.74) is -2.20. The topological polar surface area (TPSA) is 169 Å². The highest BCUT2D eigenvalue weighted by Gasteiger charge is 2.72. The summed E-state index contributed by atoms with van der Waals surface area (Å²) in [6, 6.07) is 0. The standard InChI is InChI=1S/C34H60O10/c1-17(2)19(15-35)8-7-18(3)25-27(39)28(40)30-33(25,5)12-10-24-32(4)11-9-20(13-21(32)22(36)14-34(24,30)41)44-31-29(42-6)26(38)23(37)16-43-31/h17-31,35-41H,7-16H2,1-6H3/t18-,19-,20+,21?,22-,23-,24?,25+,26+,27-,28?,29-,30?,31+,32+,33-,34+/m1/s1. The molecular weight excluding hydrogens is 568 g/mol. The zero-order valence-corrected chi connectivity index (χ0v) is 27.6. The number of aliphatic hydroxyl groups excluding tert-OH is 6. The number of ether oxygens (including phenoxy) is 3. The number of fused-ring (bicyclic) bond motifs is 5. The van der Waals surface area contributed by atoms with E-state index in [9.17, 15) is 35.7 Å². The molecule has 5 aliphatic rings. The SMILES string of the molecule is CO[C@H]1[C@H](O[C@H]2CC[C@@]3(C)C(C2)[C@H](O)C[C@]2(O)C3CC[C@@]3(C)C2C(O)[C@H](O)[C@@H]3[C@H](C)CC[C@H](CO)C(C)C)OC[C@@H](O)[C@@H]1O. The maximum absolute atomic E-state index is 12.7. The molecule has 0 aromatic carbocycles. The molecule has 0 radical (unpaired) electrons. The van der Waals surface area contributed by atoms with E-state index in [0.29, 0.717) is 25.2 Å². The Morgan fingerprint density at radius 2 is 1.57 bits per heavy atom. The zero-order valence-electron chi connectivity index (χ0n) is 27.6. The van der Waals surface area contributed by atoms with Gasteiger partial charge < -0.3 is 50.0 Å². The minimum Gasteiger partial charge on any atom is -0.396 e. The third-order valence-electron chi connectivity index (χ3n) is 13.6. The molecule has 4 aliphatic carbocycles. The first kappa shape index (κ1) is 34.9. The van der Waals surface area contributed by atoms with Crippen LogP contribution in [0.2, 0.25) is 0 Å². The molecule has 0 aromatic heterocycles. The largest absolute Gasteiger partial charge is 0.396 e. The van der Waals surface area contributed by atoms with E-state index in [1.165, 1.54) is 7.11 Å². The molecule has 5 rings (SSSR count). The van der Waals surface area contributed by atoms with Crippen molar-refractivity contribution in [1.29, 1.82) is 0 Å². The molecule has 4 saturated carbocycles. The second kappa shape index (κ2) is 12.9. The van der Waals surface area contributed by atoms with Crippen LogP contribution in [0.25, 0.3) is 0 Å². The summed E-state index contributed by atoms with van der Waals surface area (Å²) in [5.74, 6) is -0.375. The molecule has 7 N–H and O–H groups in total. The Morgan fingerprint density at radius 1 is 0.886 bits per heavy atom. The highest BCUT2D eigenvalue weighted by Crippen LogP contribution is 2.70. The molecular formula is C34H60O10. The van der Waals surface area contributed by atoms with Crippen LogP contribution in [0.3, 0.4) is 0 Å². The van der Waals surface area contributed by atoms with Crippen molar-refractivity contribution in [1.82, 2.24) is 0 Å². The van der Waals surface area contributed by atoms with Crippen molar-refractivity contribution in [2.24, 2.45) is 52.3 Å². The van der Waals surface area contributed by atoms with Gasteiger partial charge in [0.1, 0.15) is 18.3 Å². The van der Waals surface area contributed by atoms with Crippen molar-refractivity contribution in [2.75, 3.05) is 20.3 Å². The zero-order chi connectivity index (χ0) is 32.4. The molecule has 0 amide bonds. The fraction of sp³-hybridized carbons (Fsp3) is 1.00. The van der Waals surface area contributed by atoms with Gasteiger partial charge in [-0.15, -0.1) is 0 Å². The third-order valence-corrected chi connectivity index (χ3v) is 13.6. The highest BCUT2D eigenvalue weighted by molar-refractivity contribution is 5.21. The lowest BCUT2D eigenvalue weighted by Gasteiger charge is -2.66. The van der Waals surface area contributed by atoms with Crippen LogP contribution < -0.4 is 0 Å². The second-order valence-corrected chi connectivity index (χ2v) is 16.2. The molecule has 256 valence electrons. The van der Waals surface area contributed by atoms with Crippen LogP contribution in [0, 0.1) is 52.3 Å². The van der Waals surface area contributed by atoms with Crippen LogP contribution >= 0.6 is 0 Å². The van der Waals surface area contributed by atoms with Crippen molar-refractivity contribution < 1.29 is 50.0 Å². The molecule has 10 nitrogen and oxygen atoms in total. The normalized spacial score (nSPS) is 52.2. The molecule has 4 unspecified atom stereocenters. The molecule has 0 bridgehead atoms. The van der Waals surface area contributed by atoms with Crippen LogP contribution in [0.15, 0.2) is 0 Å². The second-order valence-electron chi connectivity index (χ2n) is 16.2. The predicted octanol–water partition coefficient (Wildman–Crippen LogP) is 1.83. The van der Waals surface area contributed by atoms with Gasteiger partial charge in [0.05, 0.1) is 36.6 Å². The highest BCUT2D eigenvalue weighted by atomic mass is 16.7. The maximum atomic E-state index is 12.7. The van der Waals surface area contributed by atoms with Gasteiger partial charge in [0.15, 0.2) is 6.29 Å². The van der Waals surface area contributed by atoms with Crippen LogP contribution in [0.1, 0.15) is 86.0 Å². The smallest absolute Gasteiger partial charge is 0.186 e. The molecule has 0 spiro atoms. The molecule has 44 heavy (non-hydrogen) atoms. The maximum Gasteiger partial charge on any atom is 0.186 e. The van der Waals surface area contributed by atoms with E-state index in [2.05, 4.69) is 34.6 Å². The van der Waals surface area contributed by atoms with Crippen molar-refractivity contribution in [3.05, 3.63) is 0 Å². The Hall–Kier alpha value is -0.400. The number of rotatable bonds is 9. The number of methoxy groups -OCH3 is 1. The molecule has 5 fully saturated rings. The fourth-order valence-corrected chi connectivity index (χ4v) is 11.2. The Kier molecular flexibility index (Phi) is 10.2. The van der Waals surface area contributed by atoms with Crippen LogP contribution in [0.5, 0.6) is 0 Å². The van der Waals surface area contributed by atoms with Gasteiger partial charge in [-0.1, -0.05) is 34.6 Å². The van der Waals surface area contributed by atoms with Gasteiger partial charge in [-0.2, -0.15) is 0 Å². The lowest BCUT2D eigenvalue weighted by Crippen LogP contribution is -2.69. The summed E-state index contributed by atoms with van der Waals surface area (Å²) < 4.78 is 17.4. The monoisotopic (exact) mass is 628 g/mol. The summed E-state index contributed by atoms with van der Waals surface area (Å²) in [7, 11) is 1.45. The van der Waals surface area contributed by atoms with E-state index >= 15 is 0 Å². The summed E-state index contributed by atoms with van der Waals surface area (Å²) in [5, 5.41) is 77.9. The molecule has 0 aromatic rings. The van der Waals surface area contributed by atoms with E-state index in [4.69, 9.17) is 14.2 Å². The van der Waals surface area contributed by atoms with Crippen molar-refractivity contribution in [3.63, 3.8) is 0 Å². The average Bonchev–Trinajstić information content (AvgIpc) is 3.16. The van der Waals surface area contributed by atoms with E-state index in [0.717, 1.165) is 25.7 Å². The van der Waals surface area contributed by atoms with Crippen LogP contribution in [-0.4, -0.2) is 111 Å². The minimum absolute atomic E-state index is 0.0506. The molecule has 1 saturated heterocycles. The van der Waals surface area contributed by atoms with Gasteiger partial charge in [0.2, 0.25) is 0 Å². The Labute approximate surface area is 263 Å². The molecule has 1 heterocycles. The van der Waals surface area contributed by atoms with E-state index in [1.807, 2.05) is 0 Å². The third kappa shape index (κ3) is 5.61. The van der Waals surface area contributed by atoms with Gasteiger partial charge in [0.25, 0.3) is 0 Å². The molecule has 1 aliphatic heterocycles. The fourth-order valence-electron chi connectivity index (χ4n) is 11.2. The first-order chi connectivity index (χ1) is 20.6. The van der Waals surface area contributed by atoms with Crippen molar-refractivity contribution >= 4 is 0 Å². The minimum atomic E-state index is -1.32. The van der Waals surface area contributed by atoms with E-state index in [1.54, 1.807) is 0 Å². The quantitative estimate of drug-likeness (QED) is 0.187. The lowest BCUT2D eigenvalue weighted by atomic mass is 9.41. The van der Waals surface area contributed by atoms with Gasteiger partial charge in [-0.05, 0) is 91.3 Å². The van der Waals surface area contributed by atoms with E-state index in [-0.39, 0.29) is 55.3 Å². The van der Waals surface area contributed by atoms with Gasteiger partial charge in [-0.3, -0.25) is 0 Å². The number of hydrogen-bond acceptors (Lipinski definition) is 10. The Morgan fingerprint density at radius 3 is 2.20 bits per heavy atom. The van der Waals surface area contributed by atoms with Gasteiger partial charge >= 0.3 is 0 Å². The summed E-state index contributed by atoms with van der Waals surface area (Å²) in [6.07, 6.45) is -1.62.